The Labute approximate surface area is 123 Å². The van der Waals surface area contributed by atoms with Crippen LogP contribution in [0.15, 0.2) is 17.3 Å². The first-order valence-electron chi connectivity index (χ1n) is 6.72. The molecule has 2 unspecified atom stereocenters. The molecule has 8 nitrogen and oxygen atoms in total. The molecule has 0 aromatic carbocycles. The summed E-state index contributed by atoms with van der Waals surface area (Å²) in [5, 5.41) is 12.5. The van der Waals surface area contributed by atoms with Crippen molar-refractivity contribution in [2.24, 2.45) is 0 Å². The van der Waals surface area contributed by atoms with Gasteiger partial charge in [-0.05, 0) is 19.3 Å². The molecule has 1 aliphatic carbocycles. The van der Waals surface area contributed by atoms with Crippen molar-refractivity contribution >= 4 is 16.0 Å². The van der Waals surface area contributed by atoms with E-state index in [0.717, 1.165) is 19.3 Å². The maximum absolute atomic E-state index is 12.3. The first-order valence-corrected chi connectivity index (χ1v) is 8.20. The normalized spacial score (nSPS) is 22.5. The number of carbonyl (C=O) groups is 1. The van der Waals surface area contributed by atoms with E-state index >= 15 is 0 Å². The minimum atomic E-state index is -3.67. The highest BCUT2D eigenvalue weighted by Gasteiger charge is 2.31. The van der Waals surface area contributed by atoms with Gasteiger partial charge in [0.25, 0.3) is 0 Å². The highest BCUT2D eigenvalue weighted by atomic mass is 32.2. The summed E-state index contributed by atoms with van der Waals surface area (Å²) >= 11 is 0. The van der Waals surface area contributed by atoms with Crippen LogP contribution in [0.4, 0.5) is 0 Å². The minimum Gasteiger partial charge on any atom is -0.481 e. The van der Waals surface area contributed by atoms with Crippen LogP contribution in [-0.4, -0.2) is 48.5 Å². The number of carboxylic acids is 1. The van der Waals surface area contributed by atoms with Crippen LogP contribution in [0.5, 0.6) is 0 Å². The van der Waals surface area contributed by atoms with Gasteiger partial charge in [-0.3, -0.25) is 9.48 Å². The van der Waals surface area contributed by atoms with Crippen LogP contribution >= 0.6 is 0 Å². The number of aliphatic carboxylic acids is 1. The molecular weight excluding hydrogens is 298 g/mol. The van der Waals surface area contributed by atoms with E-state index in [0.29, 0.717) is 0 Å². The SMILES string of the molecule is COC1CCCC1NS(=O)(=O)c1cnn(CCC(=O)O)c1. The quantitative estimate of drug-likeness (QED) is 0.743. The molecular formula is C12H19N3O5S. The third-order valence-electron chi connectivity index (χ3n) is 3.54. The number of hydrogen-bond donors (Lipinski definition) is 2. The fourth-order valence-corrected chi connectivity index (χ4v) is 3.68. The Hall–Kier alpha value is -1.45. The van der Waals surface area contributed by atoms with Crippen LogP contribution in [0.3, 0.4) is 0 Å². The Kier molecular flexibility index (Phi) is 4.96. The third kappa shape index (κ3) is 4.02. The summed E-state index contributed by atoms with van der Waals surface area (Å²) in [4.78, 5) is 10.5. The van der Waals surface area contributed by atoms with E-state index in [4.69, 9.17) is 9.84 Å². The zero-order valence-corrected chi connectivity index (χ0v) is 12.5. The predicted octanol–water partition coefficient (Wildman–Crippen LogP) is 0.204. The molecule has 2 atom stereocenters. The van der Waals surface area contributed by atoms with Crippen molar-refractivity contribution in [1.29, 1.82) is 0 Å². The van der Waals surface area contributed by atoms with Gasteiger partial charge in [-0.2, -0.15) is 5.10 Å². The zero-order chi connectivity index (χ0) is 15.5. The van der Waals surface area contributed by atoms with E-state index in [1.54, 1.807) is 7.11 Å². The molecule has 9 heteroatoms. The number of nitrogens with one attached hydrogen (secondary N) is 1. The second-order valence-electron chi connectivity index (χ2n) is 5.02. The summed E-state index contributed by atoms with van der Waals surface area (Å²) in [7, 11) is -2.09. The number of hydrogen-bond acceptors (Lipinski definition) is 5. The fraction of sp³-hybridized carbons (Fsp3) is 0.667. The monoisotopic (exact) mass is 317 g/mol. The molecule has 1 heterocycles. The Bertz CT molecular complexity index is 598. The topological polar surface area (TPSA) is 111 Å². The molecule has 1 aromatic heterocycles. The molecule has 0 saturated heterocycles. The van der Waals surface area contributed by atoms with Crippen LogP contribution in [0.1, 0.15) is 25.7 Å². The van der Waals surface area contributed by atoms with Crippen LogP contribution in [0.25, 0.3) is 0 Å². The second-order valence-corrected chi connectivity index (χ2v) is 6.73. The van der Waals surface area contributed by atoms with E-state index in [-0.39, 0.29) is 30.0 Å². The first-order chi connectivity index (χ1) is 9.92. The van der Waals surface area contributed by atoms with Gasteiger partial charge in [0.15, 0.2) is 0 Å². The number of nitrogens with zero attached hydrogens (tertiary/aromatic N) is 2. The van der Waals surface area contributed by atoms with Crippen LogP contribution in [0, 0.1) is 0 Å². The second kappa shape index (κ2) is 6.54. The van der Waals surface area contributed by atoms with Crippen molar-refractivity contribution < 1.29 is 23.1 Å². The van der Waals surface area contributed by atoms with Gasteiger partial charge in [0.2, 0.25) is 10.0 Å². The van der Waals surface area contributed by atoms with E-state index in [1.165, 1.54) is 17.1 Å². The lowest BCUT2D eigenvalue weighted by Gasteiger charge is -2.18. The molecule has 1 saturated carbocycles. The van der Waals surface area contributed by atoms with Gasteiger partial charge >= 0.3 is 5.97 Å². The Morgan fingerprint density at radius 3 is 3.00 bits per heavy atom. The van der Waals surface area contributed by atoms with Gasteiger partial charge in [0.05, 0.1) is 25.3 Å². The lowest BCUT2D eigenvalue weighted by atomic mass is 10.2. The molecule has 1 aromatic rings. The van der Waals surface area contributed by atoms with Gasteiger partial charge in [0, 0.05) is 19.3 Å². The fourth-order valence-electron chi connectivity index (χ4n) is 2.43. The Balaban J connectivity index is 2.04. The van der Waals surface area contributed by atoms with Crippen LogP contribution < -0.4 is 4.72 Å². The molecule has 118 valence electrons. The van der Waals surface area contributed by atoms with Gasteiger partial charge in [-0.1, -0.05) is 0 Å². The van der Waals surface area contributed by atoms with Gasteiger partial charge in [-0.15, -0.1) is 0 Å². The summed E-state index contributed by atoms with van der Waals surface area (Å²) in [6.07, 6.45) is 4.84. The van der Waals surface area contributed by atoms with Crippen molar-refractivity contribution in [2.75, 3.05) is 7.11 Å². The first kappa shape index (κ1) is 15.9. The predicted molar refractivity (Wildman–Crippen MR) is 73.2 cm³/mol. The summed E-state index contributed by atoms with van der Waals surface area (Å²) in [6.45, 7) is 0.134. The third-order valence-corrected chi connectivity index (χ3v) is 4.98. The number of ether oxygens (including phenoxy) is 1. The average Bonchev–Trinajstić information content (AvgIpc) is 3.04. The standard InChI is InChI=1S/C12H19N3O5S/c1-20-11-4-2-3-10(11)14-21(18,19)9-7-13-15(8-9)6-5-12(16)17/h7-8,10-11,14H,2-6H2,1H3,(H,16,17). The molecule has 0 spiro atoms. The molecule has 1 fully saturated rings. The van der Waals surface area contributed by atoms with Crippen molar-refractivity contribution in [3.8, 4) is 0 Å². The number of carboxylic acid groups (broad SMARTS) is 1. The van der Waals surface area contributed by atoms with Crippen LogP contribution in [0.2, 0.25) is 0 Å². The number of aryl methyl sites for hydroxylation is 1. The Morgan fingerprint density at radius 1 is 1.57 bits per heavy atom. The van der Waals surface area contributed by atoms with Gasteiger partial charge in [0.1, 0.15) is 4.90 Å². The highest BCUT2D eigenvalue weighted by molar-refractivity contribution is 7.89. The maximum Gasteiger partial charge on any atom is 0.305 e. The average molecular weight is 317 g/mol. The summed E-state index contributed by atoms with van der Waals surface area (Å²) < 4.78 is 33.7. The van der Waals surface area contributed by atoms with E-state index in [9.17, 15) is 13.2 Å². The molecule has 0 bridgehead atoms. The smallest absolute Gasteiger partial charge is 0.305 e. The molecule has 2 N–H and O–H groups in total. The zero-order valence-electron chi connectivity index (χ0n) is 11.7. The van der Waals surface area contributed by atoms with Crippen molar-refractivity contribution in [1.82, 2.24) is 14.5 Å². The maximum atomic E-state index is 12.3. The molecule has 2 rings (SSSR count). The lowest BCUT2D eigenvalue weighted by Crippen LogP contribution is -2.40. The van der Waals surface area contributed by atoms with Crippen LogP contribution in [-0.2, 0) is 26.1 Å². The summed E-state index contributed by atoms with van der Waals surface area (Å²) in [5.74, 6) is -0.957. The van der Waals surface area contributed by atoms with Gasteiger partial charge in [-0.25, -0.2) is 13.1 Å². The lowest BCUT2D eigenvalue weighted by molar-refractivity contribution is -0.137. The largest absolute Gasteiger partial charge is 0.481 e. The van der Waals surface area contributed by atoms with Crippen molar-refractivity contribution in [3.63, 3.8) is 0 Å². The molecule has 0 amide bonds. The number of sulfonamides is 1. The number of methoxy groups -OCH3 is 1. The molecule has 1 aliphatic rings. The van der Waals surface area contributed by atoms with Crippen molar-refractivity contribution in [2.45, 2.75) is 49.3 Å². The summed E-state index contributed by atoms with van der Waals surface area (Å²) in [5.41, 5.74) is 0. The van der Waals surface area contributed by atoms with Gasteiger partial charge < -0.3 is 9.84 Å². The highest BCUT2D eigenvalue weighted by Crippen LogP contribution is 2.23. The van der Waals surface area contributed by atoms with E-state index < -0.39 is 16.0 Å². The molecule has 0 aliphatic heterocycles. The number of rotatable bonds is 7. The molecule has 0 radical (unpaired) electrons. The number of aromatic nitrogens is 2. The minimum absolute atomic E-state index is 0.0367. The van der Waals surface area contributed by atoms with E-state index in [1.807, 2.05) is 0 Å². The van der Waals surface area contributed by atoms with E-state index in [2.05, 4.69) is 9.82 Å². The molecule has 21 heavy (non-hydrogen) atoms. The summed E-state index contributed by atoms with van der Waals surface area (Å²) in [6, 6.07) is -0.234. The van der Waals surface area contributed by atoms with Crippen molar-refractivity contribution in [3.05, 3.63) is 12.4 Å². The Morgan fingerprint density at radius 2 is 2.33 bits per heavy atom.